The van der Waals surface area contributed by atoms with Gasteiger partial charge in [-0.25, -0.2) is 4.98 Å². The molecule has 7 aromatic carbocycles. The number of aromatic nitrogens is 3. The highest BCUT2D eigenvalue weighted by atomic mass is 16.3. The van der Waals surface area contributed by atoms with E-state index in [9.17, 15) is 0 Å². The van der Waals surface area contributed by atoms with Crippen molar-refractivity contribution >= 4 is 87.8 Å². The van der Waals surface area contributed by atoms with Crippen molar-refractivity contribution in [2.75, 3.05) is 0 Å². The van der Waals surface area contributed by atoms with Crippen molar-refractivity contribution in [3.63, 3.8) is 0 Å². The Kier molecular flexibility index (Phi) is 5.41. The van der Waals surface area contributed by atoms with Crippen molar-refractivity contribution < 1.29 is 13.3 Å². The zero-order valence-corrected chi connectivity index (χ0v) is 27.5. The lowest BCUT2D eigenvalue weighted by atomic mass is 10.0. The Morgan fingerprint density at radius 2 is 0.981 bits per heavy atom. The van der Waals surface area contributed by atoms with Gasteiger partial charge in [-0.3, -0.25) is 0 Å². The predicted molar refractivity (Wildman–Crippen MR) is 209 cm³/mol. The van der Waals surface area contributed by atoms with E-state index in [1.807, 2.05) is 48.5 Å². The third-order valence-corrected chi connectivity index (χ3v) is 10.4. The first-order chi connectivity index (χ1) is 25.7. The van der Waals surface area contributed by atoms with Gasteiger partial charge in [0.05, 0.1) is 22.1 Å². The van der Waals surface area contributed by atoms with E-state index >= 15 is 0 Å². The van der Waals surface area contributed by atoms with E-state index in [1.54, 1.807) is 0 Å². The van der Waals surface area contributed by atoms with Crippen LogP contribution in [-0.4, -0.2) is 14.5 Å². The first-order valence-electron chi connectivity index (χ1n) is 17.3. The first kappa shape index (κ1) is 27.6. The molecule has 0 spiro atoms. The smallest absolute Gasteiger partial charge is 0.231 e. The quantitative estimate of drug-likeness (QED) is 0.188. The molecule has 0 amide bonds. The van der Waals surface area contributed by atoms with Crippen molar-refractivity contribution in [2.45, 2.75) is 0 Å². The fourth-order valence-electron chi connectivity index (χ4n) is 8.07. The minimum atomic E-state index is 0.521. The highest BCUT2D eigenvalue weighted by molar-refractivity contribution is 6.19. The molecule has 52 heavy (non-hydrogen) atoms. The Morgan fingerprint density at radius 1 is 0.385 bits per heavy atom. The minimum Gasteiger partial charge on any atom is -0.456 e. The van der Waals surface area contributed by atoms with Crippen LogP contribution >= 0.6 is 0 Å². The topological polar surface area (TPSA) is 70.1 Å². The molecule has 0 aliphatic heterocycles. The zero-order valence-electron chi connectivity index (χ0n) is 27.5. The van der Waals surface area contributed by atoms with Crippen LogP contribution in [0.3, 0.4) is 0 Å². The number of furan rings is 3. The molecule has 5 aromatic heterocycles. The summed E-state index contributed by atoms with van der Waals surface area (Å²) in [4.78, 5) is 10.4. The van der Waals surface area contributed by atoms with E-state index in [4.69, 9.17) is 23.2 Å². The van der Waals surface area contributed by atoms with E-state index in [-0.39, 0.29) is 0 Å². The van der Waals surface area contributed by atoms with E-state index in [0.717, 1.165) is 105 Å². The summed E-state index contributed by atoms with van der Waals surface area (Å²) in [5, 5.41) is 8.35. The van der Waals surface area contributed by atoms with Crippen LogP contribution in [-0.2, 0) is 0 Å². The number of rotatable bonds is 3. The van der Waals surface area contributed by atoms with Crippen LogP contribution in [0.4, 0.5) is 0 Å². The van der Waals surface area contributed by atoms with Gasteiger partial charge in [0.1, 0.15) is 27.9 Å². The second kappa shape index (κ2) is 10.2. The number of nitrogens with zero attached hydrogens (tertiary/aromatic N) is 3. The standard InChI is InChI=1S/C46H25N3O3/c1-2-10-28(11-3-1)49-36-15-7-4-12-29(36)34-25-42-35(24-37(34)49)43-44(26-18-20-32-30-13-5-8-16-38(30)50-40(32)22-26)47-45(48-46(43)52-42)27-19-21-33-31-14-6-9-17-39(31)51-41(33)23-27/h1-25H. The Morgan fingerprint density at radius 3 is 1.73 bits per heavy atom. The second-order valence-corrected chi connectivity index (χ2v) is 13.3. The molecule has 0 saturated carbocycles. The van der Waals surface area contributed by atoms with Gasteiger partial charge < -0.3 is 17.8 Å². The van der Waals surface area contributed by atoms with Crippen LogP contribution < -0.4 is 0 Å². The average Bonchev–Trinajstić information content (AvgIpc) is 3.95. The maximum Gasteiger partial charge on any atom is 0.231 e. The molecule has 0 aliphatic rings. The maximum absolute atomic E-state index is 6.71. The van der Waals surface area contributed by atoms with Gasteiger partial charge >= 0.3 is 0 Å². The monoisotopic (exact) mass is 667 g/mol. The Labute approximate surface area is 294 Å². The van der Waals surface area contributed by atoms with Crippen molar-refractivity contribution in [1.82, 2.24) is 14.5 Å². The molecule has 5 heterocycles. The fraction of sp³-hybridized carbons (Fsp3) is 0. The van der Waals surface area contributed by atoms with Gasteiger partial charge in [-0.05, 0) is 66.7 Å². The van der Waals surface area contributed by atoms with E-state index in [1.165, 1.54) is 0 Å². The largest absolute Gasteiger partial charge is 0.456 e. The number of benzene rings is 7. The summed E-state index contributed by atoms with van der Waals surface area (Å²) >= 11 is 0. The van der Waals surface area contributed by atoms with Gasteiger partial charge in [0.2, 0.25) is 5.71 Å². The lowest BCUT2D eigenvalue weighted by Crippen LogP contribution is -1.94. The van der Waals surface area contributed by atoms with Gasteiger partial charge in [0, 0.05) is 54.5 Å². The Bertz CT molecular complexity index is 3420. The van der Waals surface area contributed by atoms with Crippen molar-refractivity contribution in [1.29, 1.82) is 0 Å². The molecule has 0 radical (unpaired) electrons. The van der Waals surface area contributed by atoms with Gasteiger partial charge in [0.15, 0.2) is 5.82 Å². The molecule has 12 aromatic rings. The van der Waals surface area contributed by atoms with Crippen LogP contribution in [0.1, 0.15) is 0 Å². The highest BCUT2D eigenvalue weighted by Crippen LogP contribution is 2.42. The summed E-state index contributed by atoms with van der Waals surface area (Å²) in [6.45, 7) is 0. The lowest BCUT2D eigenvalue weighted by molar-refractivity contribution is 0.654. The molecule has 12 rings (SSSR count). The number of hydrogen-bond donors (Lipinski definition) is 0. The summed E-state index contributed by atoms with van der Waals surface area (Å²) < 4.78 is 21.7. The fourth-order valence-corrected chi connectivity index (χ4v) is 8.07. The first-order valence-corrected chi connectivity index (χ1v) is 17.3. The summed E-state index contributed by atoms with van der Waals surface area (Å²) in [7, 11) is 0. The van der Waals surface area contributed by atoms with E-state index in [0.29, 0.717) is 11.5 Å². The molecule has 242 valence electrons. The number of hydrogen-bond acceptors (Lipinski definition) is 5. The summed E-state index contributed by atoms with van der Waals surface area (Å²) in [5.74, 6) is 0.553. The molecule has 0 aliphatic carbocycles. The third kappa shape index (κ3) is 3.83. The van der Waals surface area contributed by atoms with Gasteiger partial charge in [-0.15, -0.1) is 0 Å². The molecule has 0 unspecified atom stereocenters. The molecule has 0 fully saturated rings. The Hall–Kier alpha value is -7.18. The summed E-state index contributed by atoms with van der Waals surface area (Å²) in [6.07, 6.45) is 0. The molecular weight excluding hydrogens is 643 g/mol. The highest BCUT2D eigenvalue weighted by Gasteiger charge is 2.22. The van der Waals surface area contributed by atoms with Crippen molar-refractivity contribution in [3.05, 3.63) is 152 Å². The van der Waals surface area contributed by atoms with Gasteiger partial charge in [-0.1, -0.05) is 84.9 Å². The van der Waals surface area contributed by atoms with Crippen LogP contribution in [0.25, 0.3) is 116 Å². The van der Waals surface area contributed by atoms with Gasteiger partial charge in [-0.2, -0.15) is 4.98 Å². The summed E-state index contributed by atoms with van der Waals surface area (Å²) in [6, 6.07) is 52.1. The molecule has 0 atom stereocenters. The van der Waals surface area contributed by atoms with E-state index in [2.05, 4.69) is 108 Å². The zero-order chi connectivity index (χ0) is 33.9. The second-order valence-electron chi connectivity index (χ2n) is 13.3. The SMILES string of the molecule is c1ccc(-n2c3ccccc3c3cc4oc5nc(-c6ccc7c(c6)oc6ccccc67)nc(-c6ccc7c(c6)oc6ccccc67)c5c4cc32)cc1. The Balaban J connectivity index is 1.17. The van der Waals surface area contributed by atoms with Crippen LogP contribution in [0.15, 0.2) is 165 Å². The minimum absolute atomic E-state index is 0.521. The van der Waals surface area contributed by atoms with E-state index < -0.39 is 0 Å². The summed E-state index contributed by atoms with van der Waals surface area (Å²) in [5.41, 5.74) is 10.4. The molecule has 0 N–H and O–H groups in total. The number of fused-ring (bicyclic) bond motifs is 12. The maximum atomic E-state index is 6.71. The molecule has 6 nitrogen and oxygen atoms in total. The molecule has 0 saturated heterocycles. The average molecular weight is 668 g/mol. The van der Waals surface area contributed by atoms with Crippen molar-refractivity contribution in [3.8, 4) is 28.3 Å². The third-order valence-electron chi connectivity index (χ3n) is 10.4. The van der Waals surface area contributed by atoms with Crippen molar-refractivity contribution in [2.24, 2.45) is 0 Å². The van der Waals surface area contributed by atoms with Crippen LogP contribution in [0, 0.1) is 0 Å². The molecular formula is C46H25N3O3. The van der Waals surface area contributed by atoms with Crippen LogP contribution in [0.2, 0.25) is 0 Å². The van der Waals surface area contributed by atoms with Gasteiger partial charge in [0.25, 0.3) is 0 Å². The molecule has 0 bridgehead atoms. The lowest BCUT2D eigenvalue weighted by Gasteiger charge is -2.08. The van der Waals surface area contributed by atoms with Crippen LogP contribution in [0.5, 0.6) is 0 Å². The normalized spacial score (nSPS) is 12.2. The number of para-hydroxylation sites is 4. The molecule has 6 heteroatoms. The predicted octanol–water partition coefficient (Wildman–Crippen LogP) is 12.6.